The van der Waals surface area contributed by atoms with Crippen molar-refractivity contribution in [2.45, 2.75) is 37.6 Å². The molecule has 2 aromatic heterocycles. The van der Waals surface area contributed by atoms with E-state index in [-0.39, 0.29) is 16.0 Å². The van der Waals surface area contributed by atoms with Crippen LogP contribution in [0.4, 0.5) is 37.9 Å². The first kappa shape index (κ1) is 30.5. The summed E-state index contributed by atoms with van der Waals surface area (Å²) < 4.78 is 29.4. The number of aryl methyl sites for hydroxylation is 2. The average molecular weight is 660 g/mol. The summed E-state index contributed by atoms with van der Waals surface area (Å²) in [5.41, 5.74) is 19.2. The number of thiophene rings is 1. The number of rotatable bonds is 12. The molecule has 0 atom stereocenters. The lowest BCUT2D eigenvalue weighted by Gasteiger charge is -2.15. The zero-order valence-corrected chi connectivity index (χ0v) is 27.3. The van der Waals surface area contributed by atoms with E-state index in [0.717, 1.165) is 57.8 Å². The molecule has 0 unspecified atom stereocenters. The molecule has 1 aliphatic rings. The van der Waals surface area contributed by atoms with Crippen molar-refractivity contribution in [3.8, 4) is 0 Å². The SMILES string of the molecule is Cc1cc(NNc2ccc(NNc3ccc(N4CCCC4)s3)cc2C)ccc1/N=N\c1nc(S(=O)(=O)Cc2ccccc2)ns1. The molecule has 232 valence electrons. The van der Waals surface area contributed by atoms with Gasteiger partial charge < -0.3 is 21.2 Å². The van der Waals surface area contributed by atoms with Gasteiger partial charge in [-0.1, -0.05) is 41.7 Å². The van der Waals surface area contributed by atoms with E-state index in [1.54, 1.807) is 35.6 Å². The summed E-state index contributed by atoms with van der Waals surface area (Å²) in [6, 6.07) is 25.0. The molecule has 0 saturated carbocycles. The summed E-state index contributed by atoms with van der Waals surface area (Å²) >= 11 is 2.66. The lowest BCUT2D eigenvalue weighted by atomic mass is 10.2. The van der Waals surface area contributed by atoms with E-state index in [9.17, 15) is 8.42 Å². The highest BCUT2D eigenvalue weighted by atomic mass is 32.2. The number of aromatic nitrogens is 2. The minimum absolute atomic E-state index is 0.171. The smallest absolute Gasteiger partial charge is 0.261 e. The summed E-state index contributed by atoms with van der Waals surface area (Å²) in [5, 5.41) is 10.7. The molecule has 0 radical (unpaired) electrons. The van der Waals surface area contributed by atoms with E-state index in [1.165, 1.54) is 17.8 Å². The van der Waals surface area contributed by atoms with Crippen LogP contribution in [0.3, 0.4) is 0 Å². The number of hydrazine groups is 2. The Morgan fingerprint density at radius 2 is 1.56 bits per heavy atom. The first-order valence-corrected chi connectivity index (χ1v) is 17.7. The summed E-state index contributed by atoms with van der Waals surface area (Å²) in [4.78, 5) is 6.52. The van der Waals surface area contributed by atoms with Gasteiger partial charge in [0.25, 0.3) is 5.16 Å². The molecule has 4 N–H and O–H groups in total. The minimum Gasteiger partial charge on any atom is -0.363 e. The van der Waals surface area contributed by atoms with Gasteiger partial charge in [-0.15, -0.1) is 10.2 Å². The van der Waals surface area contributed by atoms with Crippen molar-refractivity contribution in [3.05, 3.63) is 95.6 Å². The largest absolute Gasteiger partial charge is 0.363 e. The first-order valence-electron chi connectivity index (χ1n) is 14.4. The molecule has 0 bridgehead atoms. The van der Waals surface area contributed by atoms with Crippen molar-refractivity contribution in [3.63, 3.8) is 0 Å². The zero-order chi connectivity index (χ0) is 31.2. The number of hydrogen-bond acceptors (Lipinski definition) is 13. The van der Waals surface area contributed by atoms with Gasteiger partial charge in [0.05, 0.1) is 33.5 Å². The van der Waals surface area contributed by atoms with Crippen molar-refractivity contribution in [2.75, 3.05) is 39.7 Å². The maximum Gasteiger partial charge on any atom is 0.261 e. The second-order valence-corrected chi connectivity index (χ2v) is 14.3. The second kappa shape index (κ2) is 13.6. The van der Waals surface area contributed by atoms with Crippen molar-refractivity contribution < 1.29 is 8.42 Å². The zero-order valence-electron chi connectivity index (χ0n) is 24.8. The lowest BCUT2D eigenvalue weighted by molar-refractivity contribution is 0.588. The molecule has 45 heavy (non-hydrogen) atoms. The van der Waals surface area contributed by atoms with Crippen molar-refractivity contribution in [1.29, 1.82) is 0 Å². The second-order valence-electron chi connectivity index (χ2n) is 10.7. The highest BCUT2D eigenvalue weighted by Gasteiger charge is 2.21. The Hall–Kier alpha value is -4.53. The van der Waals surface area contributed by atoms with E-state index in [0.29, 0.717) is 11.3 Å². The monoisotopic (exact) mass is 659 g/mol. The Morgan fingerprint density at radius 3 is 2.31 bits per heavy atom. The Labute approximate surface area is 270 Å². The summed E-state index contributed by atoms with van der Waals surface area (Å²) in [6.45, 7) is 6.26. The molecule has 0 aliphatic carbocycles. The summed E-state index contributed by atoms with van der Waals surface area (Å²) in [6.07, 6.45) is 2.54. The fourth-order valence-corrected chi connectivity index (χ4v) is 7.75. The van der Waals surface area contributed by atoms with E-state index in [2.05, 4.69) is 64.4 Å². The standard InChI is InChI=1S/C31H33N9O2S3/c1-21-19-25(34-37-28-14-15-29(43-28)40-16-6-7-17-40)11-12-26(21)35-33-24-10-13-27(22(2)18-24)36-38-30-32-31(39-44-30)45(41,42)20-23-8-4-3-5-9-23/h3-5,8-15,18-19,33-35,37H,6-7,16-17,20H2,1-2H3/b38-36-. The van der Waals surface area contributed by atoms with Crippen molar-refractivity contribution in [2.24, 2.45) is 10.2 Å². The van der Waals surface area contributed by atoms with Gasteiger partial charge in [0.15, 0.2) is 0 Å². The van der Waals surface area contributed by atoms with Crippen molar-refractivity contribution in [1.82, 2.24) is 9.36 Å². The molecule has 3 aromatic carbocycles. The number of sulfone groups is 1. The van der Waals surface area contributed by atoms with Gasteiger partial charge in [-0.3, -0.25) is 5.43 Å². The fourth-order valence-electron chi connectivity index (χ4n) is 4.83. The number of hydrogen-bond donors (Lipinski definition) is 4. The molecule has 11 nitrogen and oxygen atoms in total. The Morgan fingerprint density at radius 1 is 0.822 bits per heavy atom. The molecule has 0 amide bonds. The van der Waals surface area contributed by atoms with Gasteiger partial charge >= 0.3 is 0 Å². The molecule has 1 saturated heterocycles. The van der Waals surface area contributed by atoms with Gasteiger partial charge in [-0.2, -0.15) is 9.36 Å². The summed E-state index contributed by atoms with van der Waals surface area (Å²) in [7, 11) is -3.68. The van der Waals surface area contributed by atoms with Crippen LogP contribution in [0.5, 0.6) is 0 Å². The number of nitrogens with zero attached hydrogens (tertiary/aromatic N) is 5. The van der Waals surface area contributed by atoms with Crippen molar-refractivity contribution >= 4 is 70.6 Å². The van der Waals surface area contributed by atoms with E-state index < -0.39 is 9.84 Å². The van der Waals surface area contributed by atoms with E-state index in [4.69, 9.17) is 0 Å². The molecular formula is C31H33N9O2S3. The number of nitrogens with one attached hydrogen (secondary N) is 4. The third-order valence-corrected chi connectivity index (χ3v) is 10.5. The van der Waals surface area contributed by atoms with Crippen LogP contribution in [0.1, 0.15) is 29.5 Å². The maximum atomic E-state index is 12.7. The number of anilines is 5. The number of azo groups is 1. The normalized spacial score (nSPS) is 13.3. The first-order chi connectivity index (χ1) is 21.8. The molecule has 5 aromatic rings. The maximum absolute atomic E-state index is 12.7. The molecular weight excluding hydrogens is 627 g/mol. The van der Waals surface area contributed by atoms with Crippen LogP contribution in [-0.4, -0.2) is 30.9 Å². The highest BCUT2D eigenvalue weighted by Crippen LogP contribution is 2.32. The van der Waals surface area contributed by atoms with Gasteiger partial charge in [0, 0.05) is 24.6 Å². The molecule has 1 fully saturated rings. The predicted molar refractivity (Wildman–Crippen MR) is 184 cm³/mol. The molecule has 3 heterocycles. The van der Waals surface area contributed by atoms with E-state index in [1.807, 2.05) is 50.2 Å². The van der Waals surface area contributed by atoms with Gasteiger partial charge in [0.1, 0.15) is 5.00 Å². The Kier molecular flexibility index (Phi) is 9.23. The van der Waals surface area contributed by atoms with Crippen LogP contribution in [0, 0.1) is 13.8 Å². The van der Waals surface area contributed by atoms with Crippen LogP contribution < -0.4 is 26.6 Å². The topological polar surface area (TPSA) is 136 Å². The van der Waals surface area contributed by atoms with Crippen LogP contribution in [0.2, 0.25) is 0 Å². The van der Waals surface area contributed by atoms with Crippen LogP contribution in [-0.2, 0) is 15.6 Å². The summed E-state index contributed by atoms with van der Waals surface area (Å²) in [5.74, 6) is -0.171. The highest BCUT2D eigenvalue weighted by molar-refractivity contribution is 7.90. The van der Waals surface area contributed by atoms with Gasteiger partial charge in [-0.25, -0.2) is 8.42 Å². The fraction of sp³-hybridized carbons (Fsp3) is 0.226. The Bertz CT molecular complexity index is 1900. The predicted octanol–water partition coefficient (Wildman–Crippen LogP) is 8.08. The van der Waals surface area contributed by atoms with Gasteiger partial charge in [0.2, 0.25) is 15.0 Å². The quantitative estimate of drug-likeness (QED) is 0.0774. The molecule has 1 aliphatic heterocycles. The molecule has 14 heteroatoms. The van der Waals surface area contributed by atoms with Crippen LogP contribution in [0.25, 0.3) is 0 Å². The molecule has 6 rings (SSSR count). The Balaban J connectivity index is 1.01. The number of benzene rings is 3. The average Bonchev–Trinajstić information content (AvgIpc) is 3.82. The van der Waals surface area contributed by atoms with Gasteiger partial charge in [-0.05, 0) is 91.9 Å². The van der Waals surface area contributed by atoms with Crippen LogP contribution >= 0.6 is 22.9 Å². The molecule has 0 spiro atoms. The lowest BCUT2D eigenvalue weighted by Crippen LogP contribution is -2.15. The minimum atomic E-state index is -3.68. The van der Waals surface area contributed by atoms with E-state index >= 15 is 0 Å². The third kappa shape index (κ3) is 7.77. The third-order valence-electron chi connectivity index (χ3n) is 7.22. The van der Waals surface area contributed by atoms with Crippen LogP contribution in [0.15, 0.2) is 94.2 Å².